The van der Waals surface area contributed by atoms with Crippen molar-refractivity contribution in [2.24, 2.45) is 17.6 Å². The highest BCUT2D eigenvalue weighted by atomic mass is 16.4. The number of carboxylic acid groups (broad SMARTS) is 1. The number of carbonyl (C=O) groups is 4. The maximum atomic E-state index is 12.3. The Morgan fingerprint density at radius 2 is 1.48 bits per heavy atom. The van der Waals surface area contributed by atoms with Crippen LogP contribution >= 0.6 is 0 Å². The number of carbonyl (C=O) groups excluding carboxylic acids is 3. The third-order valence-corrected chi connectivity index (χ3v) is 3.80. The van der Waals surface area contributed by atoms with Crippen molar-refractivity contribution in [1.82, 2.24) is 16.0 Å². The quantitative estimate of drug-likeness (QED) is 0.252. The molecular formula is C17H32N4O6. The van der Waals surface area contributed by atoms with Gasteiger partial charge in [0.2, 0.25) is 17.7 Å². The van der Waals surface area contributed by atoms with Gasteiger partial charge in [-0.05, 0) is 25.2 Å². The number of hydrogen-bond acceptors (Lipinski definition) is 6. The molecule has 0 aliphatic carbocycles. The van der Waals surface area contributed by atoms with Crippen molar-refractivity contribution in [3.8, 4) is 0 Å². The summed E-state index contributed by atoms with van der Waals surface area (Å²) in [5.41, 5.74) is 5.71. The Morgan fingerprint density at radius 1 is 0.926 bits per heavy atom. The van der Waals surface area contributed by atoms with Gasteiger partial charge >= 0.3 is 5.97 Å². The number of nitrogens with two attached hydrogens (primary N) is 1. The van der Waals surface area contributed by atoms with E-state index >= 15 is 0 Å². The molecule has 0 aromatic rings. The second-order valence-electron chi connectivity index (χ2n) is 7.31. The van der Waals surface area contributed by atoms with Gasteiger partial charge in [-0.2, -0.15) is 0 Å². The molecule has 0 aromatic heterocycles. The van der Waals surface area contributed by atoms with Crippen molar-refractivity contribution in [2.45, 2.75) is 65.3 Å². The first-order valence-corrected chi connectivity index (χ1v) is 8.90. The van der Waals surface area contributed by atoms with Gasteiger partial charge in [0.1, 0.15) is 12.1 Å². The SMILES string of the molecule is CC(C)CC(N)C(=O)NCC(=O)NC(C(=O)NC(C(=O)O)C(C)C)C(C)O. The molecule has 156 valence electrons. The van der Waals surface area contributed by atoms with E-state index in [-0.39, 0.29) is 5.92 Å². The Balaban J connectivity index is 4.77. The molecule has 0 rings (SSSR count). The van der Waals surface area contributed by atoms with Crippen molar-refractivity contribution in [3.63, 3.8) is 0 Å². The van der Waals surface area contributed by atoms with Crippen LogP contribution in [-0.4, -0.2) is 64.7 Å². The Labute approximate surface area is 159 Å². The Kier molecular flexibility index (Phi) is 10.6. The van der Waals surface area contributed by atoms with Crippen LogP contribution in [0.15, 0.2) is 0 Å². The lowest BCUT2D eigenvalue weighted by atomic mass is 10.0. The summed E-state index contributed by atoms with van der Waals surface area (Å²) >= 11 is 0. The molecule has 7 N–H and O–H groups in total. The molecule has 4 unspecified atom stereocenters. The van der Waals surface area contributed by atoms with Crippen LogP contribution in [0.5, 0.6) is 0 Å². The third kappa shape index (κ3) is 9.34. The van der Waals surface area contributed by atoms with Gasteiger partial charge in [-0.25, -0.2) is 4.79 Å². The lowest BCUT2D eigenvalue weighted by Crippen LogP contribution is -2.58. The molecule has 0 aliphatic rings. The van der Waals surface area contributed by atoms with Crippen molar-refractivity contribution >= 4 is 23.7 Å². The molecule has 10 nitrogen and oxygen atoms in total. The molecule has 4 atom stereocenters. The zero-order valence-corrected chi connectivity index (χ0v) is 16.5. The number of carboxylic acids is 1. The first kappa shape index (κ1) is 24.8. The lowest BCUT2D eigenvalue weighted by Gasteiger charge is -2.25. The van der Waals surface area contributed by atoms with Gasteiger partial charge in [-0.15, -0.1) is 0 Å². The first-order valence-electron chi connectivity index (χ1n) is 8.90. The Hall–Kier alpha value is -2.20. The van der Waals surface area contributed by atoms with E-state index in [0.29, 0.717) is 6.42 Å². The van der Waals surface area contributed by atoms with Crippen LogP contribution in [0.2, 0.25) is 0 Å². The first-order chi connectivity index (χ1) is 12.4. The summed E-state index contributed by atoms with van der Waals surface area (Å²) in [6, 6.07) is -3.28. The predicted molar refractivity (Wildman–Crippen MR) is 98.5 cm³/mol. The van der Waals surface area contributed by atoms with E-state index in [9.17, 15) is 24.3 Å². The molecule has 0 spiro atoms. The van der Waals surface area contributed by atoms with Gasteiger partial charge in [-0.3, -0.25) is 14.4 Å². The minimum absolute atomic E-state index is 0.214. The highest BCUT2D eigenvalue weighted by Crippen LogP contribution is 2.04. The van der Waals surface area contributed by atoms with E-state index in [1.54, 1.807) is 13.8 Å². The maximum absolute atomic E-state index is 12.3. The summed E-state index contributed by atoms with van der Waals surface area (Å²) in [7, 11) is 0. The Bertz CT molecular complexity index is 536. The number of aliphatic carboxylic acids is 1. The molecule has 3 amide bonds. The maximum Gasteiger partial charge on any atom is 0.326 e. The van der Waals surface area contributed by atoms with E-state index in [1.165, 1.54) is 6.92 Å². The van der Waals surface area contributed by atoms with Crippen LogP contribution in [-0.2, 0) is 19.2 Å². The fourth-order valence-corrected chi connectivity index (χ4v) is 2.30. The summed E-state index contributed by atoms with van der Waals surface area (Å²) in [5.74, 6) is -3.44. The largest absolute Gasteiger partial charge is 0.480 e. The molecule has 27 heavy (non-hydrogen) atoms. The minimum Gasteiger partial charge on any atom is -0.480 e. The second-order valence-corrected chi connectivity index (χ2v) is 7.31. The van der Waals surface area contributed by atoms with Gasteiger partial charge in [0, 0.05) is 0 Å². The fourth-order valence-electron chi connectivity index (χ4n) is 2.30. The van der Waals surface area contributed by atoms with Crippen LogP contribution in [0, 0.1) is 11.8 Å². The molecule has 0 aromatic carbocycles. The van der Waals surface area contributed by atoms with Gasteiger partial charge in [0.05, 0.1) is 18.7 Å². The number of aliphatic hydroxyl groups excluding tert-OH is 1. The van der Waals surface area contributed by atoms with Crippen molar-refractivity contribution in [1.29, 1.82) is 0 Å². The van der Waals surface area contributed by atoms with E-state index in [4.69, 9.17) is 10.8 Å². The highest BCUT2D eigenvalue weighted by molar-refractivity contribution is 5.92. The standard InChI is InChI=1S/C17H32N4O6/c1-8(2)6-11(18)15(24)19-7-12(23)20-14(10(5)22)16(25)21-13(9(3)4)17(26)27/h8-11,13-14,22H,6-7,18H2,1-5H3,(H,19,24)(H,20,23)(H,21,25)(H,26,27). The van der Waals surface area contributed by atoms with Gasteiger partial charge in [0.25, 0.3) is 0 Å². The molecule has 0 aliphatic heterocycles. The number of amides is 3. The molecule has 0 radical (unpaired) electrons. The summed E-state index contributed by atoms with van der Waals surface area (Å²) in [6.07, 6.45) is -0.813. The highest BCUT2D eigenvalue weighted by Gasteiger charge is 2.31. The number of nitrogens with one attached hydrogen (secondary N) is 3. The topological polar surface area (TPSA) is 171 Å². The zero-order chi connectivity index (χ0) is 21.3. The summed E-state index contributed by atoms with van der Waals surface area (Å²) in [5, 5.41) is 25.8. The average Bonchev–Trinajstić information content (AvgIpc) is 2.53. The predicted octanol–water partition coefficient (Wildman–Crippen LogP) is -1.43. The third-order valence-electron chi connectivity index (χ3n) is 3.80. The van der Waals surface area contributed by atoms with E-state index in [0.717, 1.165) is 0 Å². The molecular weight excluding hydrogens is 356 g/mol. The molecule has 10 heteroatoms. The van der Waals surface area contributed by atoms with Crippen LogP contribution in [0.25, 0.3) is 0 Å². The van der Waals surface area contributed by atoms with Gasteiger partial charge in [0.15, 0.2) is 0 Å². The Morgan fingerprint density at radius 3 is 1.89 bits per heavy atom. The monoisotopic (exact) mass is 388 g/mol. The van der Waals surface area contributed by atoms with Crippen LogP contribution in [0.3, 0.4) is 0 Å². The summed E-state index contributed by atoms with van der Waals surface area (Å²) < 4.78 is 0. The lowest BCUT2D eigenvalue weighted by molar-refractivity contribution is -0.144. The molecule has 0 bridgehead atoms. The van der Waals surface area contributed by atoms with Crippen molar-refractivity contribution < 1.29 is 29.4 Å². The van der Waals surface area contributed by atoms with E-state index < -0.39 is 60.4 Å². The van der Waals surface area contributed by atoms with Crippen molar-refractivity contribution in [2.75, 3.05) is 6.54 Å². The second kappa shape index (κ2) is 11.5. The molecule has 0 heterocycles. The zero-order valence-electron chi connectivity index (χ0n) is 16.5. The van der Waals surface area contributed by atoms with Crippen LogP contribution < -0.4 is 21.7 Å². The molecule has 0 fully saturated rings. The van der Waals surface area contributed by atoms with Gasteiger partial charge in [-0.1, -0.05) is 27.7 Å². The number of hydrogen-bond donors (Lipinski definition) is 6. The fraction of sp³-hybridized carbons (Fsp3) is 0.765. The number of aliphatic hydroxyl groups is 1. The minimum atomic E-state index is -1.36. The van der Waals surface area contributed by atoms with E-state index in [2.05, 4.69) is 16.0 Å². The molecule has 0 saturated heterocycles. The summed E-state index contributed by atoms with van der Waals surface area (Å²) in [6.45, 7) is 7.91. The van der Waals surface area contributed by atoms with Crippen molar-refractivity contribution in [3.05, 3.63) is 0 Å². The molecule has 0 saturated carbocycles. The summed E-state index contributed by atoms with van der Waals surface area (Å²) in [4.78, 5) is 47.2. The van der Waals surface area contributed by atoms with Crippen LogP contribution in [0.1, 0.15) is 41.0 Å². The number of rotatable bonds is 11. The normalized spacial score (nSPS) is 15.6. The smallest absolute Gasteiger partial charge is 0.326 e. The average molecular weight is 388 g/mol. The van der Waals surface area contributed by atoms with Crippen LogP contribution in [0.4, 0.5) is 0 Å². The van der Waals surface area contributed by atoms with E-state index in [1.807, 2.05) is 13.8 Å². The van der Waals surface area contributed by atoms with Gasteiger partial charge < -0.3 is 31.9 Å².